The van der Waals surface area contributed by atoms with Crippen LogP contribution in [0.3, 0.4) is 0 Å². The van der Waals surface area contributed by atoms with Crippen LogP contribution in [-0.2, 0) is 65.4 Å². The number of allylic oxidation sites excluding steroid dienone is 26. The van der Waals surface area contributed by atoms with E-state index in [0.29, 0.717) is 44.9 Å². The van der Waals surface area contributed by atoms with Gasteiger partial charge in [-0.3, -0.25) is 37.3 Å². The van der Waals surface area contributed by atoms with E-state index in [2.05, 4.69) is 143 Å². The molecule has 0 bridgehead atoms. The van der Waals surface area contributed by atoms with Crippen LogP contribution in [0.4, 0.5) is 0 Å². The molecule has 0 saturated heterocycles. The molecule has 0 spiro atoms. The van der Waals surface area contributed by atoms with E-state index >= 15 is 0 Å². The second-order valence-electron chi connectivity index (χ2n) is 27.4. The lowest BCUT2D eigenvalue weighted by Gasteiger charge is -2.21. The Hall–Kier alpha value is -5.32. The smallest absolute Gasteiger partial charge is 0.462 e. The SMILES string of the molecule is CCCCC/C=C\C/C=C\C/C=C\C/C=C\C/C=C\CCC(=O)O[C@H](COC(=O)CCC/C=C\C/C=C\C/C=C\C/C=C\CCCCC)COP(=O)(O)OC[C@@H](O)COP(=O)(O)OC[C@@H](COC(=O)CCC/C=C\C/C=C\C/C=C\C/C=C\CCCCC)OC(=O)CCCCCCCCCCCCCCCCC. The molecule has 2 unspecified atom stereocenters. The number of esters is 4. The molecule has 0 aromatic heterocycles. The number of rotatable bonds is 77. The number of carbonyl (C=O) groups is 4. The Morgan fingerprint density at radius 3 is 0.778 bits per heavy atom. The first-order chi connectivity index (χ1) is 52.7. The molecule has 0 rings (SSSR count). The molecule has 616 valence electrons. The Morgan fingerprint density at radius 2 is 0.481 bits per heavy atom. The number of hydrogen-bond donors (Lipinski definition) is 3. The molecule has 0 radical (unpaired) electrons. The predicted molar refractivity (Wildman–Crippen MR) is 445 cm³/mol. The number of aliphatic hydroxyl groups excluding tert-OH is 1. The maximum absolute atomic E-state index is 13.1. The van der Waals surface area contributed by atoms with Crippen LogP contribution in [0.15, 0.2) is 158 Å². The third-order valence-corrected chi connectivity index (χ3v) is 18.9. The van der Waals surface area contributed by atoms with Gasteiger partial charge in [0, 0.05) is 25.7 Å². The van der Waals surface area contributed by atoms with Crippen LogP contribution in [0.5, 0.6) is 0 Å². The van der Waals surface area contributed by atoms with E-state index in [-0.39, 0.29) is 25.7 Å². The summed E-state index contributed by atoms with van der Waals surface area (Å²) in [5, 5.41) is 10.7. The van der Waals surface area contributed by atoms with Crippen molar-refractivity contribution in [1.29, 1.82) is 0 Å². The summed E-state index contributed by atoms with van der Waals surface area (Å²) in [4.78, 5) is 73.1. The maximum Gasteiger partial charge on any atom is 0.472 e. The standard InChI is InChI=1S/C89H148O17P2/c1-5-9-13-17-21-25-29-33-37-40-41-44-48-52-56-60-64-68-72-76-89(94)106-85(80-100-87(92)74-70-66-62-58-54-50-47-43-39-35-31-27-23-19-15-11-7-3)82-104-108(97,98)102-78-83(90)77-101-107(95,96)103-81-84(105-88(93)75-71-67-63-59-55-51-45-36-32-28-24-20-16-12-8-4)79-99-86(91)73-69-65-61-57-53-49-46-42-38-34-30-26-22-18-14-10-6-2/h21-23,25-27,33-35,37-39,41,44,46-47,49-50,52,56-58,61-62,64,68,83-85,90H,5-20,24,28-32,36,40,42-43,45,48,51,53-55,59-60,63,65-67,69-82H2,1-4H3,(H,95,96)(H,97,98)/b25-21-,26-22-,27-23-,37-33-,38-34-,39-35-,44-41-,49-46-,50-47-,56-52-,61-57-,62-58-,68-64-/t83-,84+,85+/m0/s1. The van der Waals surface area contributed by atoms with E-state index in [4.69, 9.17) is 37.0 Å². The Balaban J connectivity index is 5.54. The van der Waals surface area contributed by atoms with Crippen molar-refractivity contribution in [2.24, 2.45) is 0 Å². The minimum Gasteiger partial charge on any atom is -0.462 e. The first-order valence-corrected chi connectivity index (χ1v) is 44.7. The molecule has 108 heavy (non-hydrogen) atoms. The molecule has 5 atom stereocenters. The number of hydrogen-bond acceptors (Lipinski definition) is 15. The molecule has 0 amide bonds. The molecule has 17 nitrogen and oxygen atoms in total. The molecule has 19 heteroatoms. The van der Waals surface area contributed by atoms with Crippen LogP contribution in [0.2, 0.25) is 0 Å². The van der Waals surface area contributed by atoms with E-state index < -0.39 is 97.5 Å². The van der Waals surface area contributed by atoms with Crippen molar-refractivity contribution in [2.45, 2.75) is 341 Å². The van der Waals surface area contributed by atoms with Crippen molar-refractivity contribution in [2.75, 3.05) is 39.6 Å². The lowest BCUT2D eigenvalue weighted by molar-refractivity contribution is -0.161. The molecule has 0 heterocycles. The predicted octanol–water partition coefficient (Wildman–Crippen LogP) is 24.8. The fourth-order valence-electron chi connectivity index (χ4n) is 10.6. The second-order valence-corrected chi connectivity index (χ2v) is 30.3. The van der Waals surface area contributed by atoms with Gasteiger partial charge in [-0.15, -0.1) is 0 Å². The number of phosphoric acid groups is 2. The molecule has 0 saturated carbocycles. The van der Waals surface area contributed by atoms with Gasteiger partial charge in [-0.25, -0.2) is 9.13 Å². The number of carbonyl (C=O) groups excluding carboxylic acids is 4. The maximum atomic E-state index is 13.1. The van der Waals surface area contributed by atoms with Crippen molar-refractivity contribution in [3.63, 3.8) is 0 Å². The molecule has 0 aromatic carbocycles. The fourth-order valence-corrected chi connectivity index (χ4v) is 12.2. The average molecular weight is 1550 g/mol. The van der Waals surface area contributed by atoms with Crippen LogP contribution < -0.4 is 0 Å². The van der Waals surface area contributed by atoms with Gasteiger partial charge in [0.2, 0.25) is 0 Å². The highest BCUT2D eigenvalue weighted by Crippen LogP contribution is 2.45. The molecule has 0 aliphatic rings. The van der Waals surface area contributed by atoms with Crippen molar-refractivity contribution in [3.8, 4) is 0 Å². The zero-order chi connectivity index (χ0) is 78.9. The van der Waals surface area contributed by atoms with Gasteiger partial charge >= 0.3 is 39.5 Å². The zero-order valence-electron chi connectivity index (χ0n) is 67.5. The Bertz CT molecular complexity index is 2660. The summed E-state index contributed by atoms with van der Waals surface area (Å²) < 4.78 is 68.5. The van der Waals surface area contributed by atoms with Crippen molar-refractivity contribution in [3.05, 3.63) is 158 Å². The summed E-state index contributed by atoms with van der Waals surface area (Å²) in [6.45, 7) is 4.60. The highest BCUT2D eigenvalue weighted by atomic mass is 31.2. The molecule has 0 aliphatic heterocycles. The van der Waals surface area contributed by atoms with Gasteiger partial charge in [0.25, 0.3) is 0 Å². The highest BCUT2D eigenvalue weighted by molar-refractivity contribution is 7.47. The van der Waals surface area contributed by atoms with E-state index in [1.54, 1.807) is 0 Å². The molecule has 0 aliphatic carbocycles. The fraction of sp³-hybridized carbons (Fsp3) is 0.663. The Morgan fingerprint density at radius 1 is 0.259 bits per heavy atom. The first kappa shape index (κ1) is 103. The third-order valence-electron chi connectivity index (χ3n) is 17.0. The number of phosphoric ester groups is 2. The Kier molecular flexibility index (Phi) is 75.8. The monoisotopic (exact) mass is 1550 g/mol. The molecular formula is C89H148O17P2. The summed E-state index contributed by atoms with van der Waals surface area (Å²) in [7, 11) is -10.0. The number of aliphatic hydroxyl groups is 1. The van der Waals surface area contributed by atoms with E-state index in [1.165, 1.54) is 122 Å². The largest absolute Gasteiger partial charge is 0.472 e. The second kappa shape index (κ2) is 79.8. The molecular weight excluding hydrogens is 1400 g/mol. The van der Waals surface area contributed by atoms with Crippen molar-refractivity contribution < 1.29 is 80.2 Å². The number of ether oxygens (including phenoxy) is 4. The van der Waals surface area contributed by atoms with Crippen LogP contribution in [0, 0.1) is 0 Å². The molecule has 0 fully saturated rings. The summed E-state index contributed by atoms with van der Waals surface area (Å²) in [5.41, 5.74) is 0. The van der Waals surface area contributed by atoms with E-state index in [0.717, 1.165) is 103 Å². The van der Waals surface area contributed by atoms with Gasteiger partial charge in [-0.05, 0) is 141 Å². The first-order valence-electron chi connectivity index (χ1n) is 41.7. The summed E-state index contributed by atoms with van der Waals surface area (Å²) >= 11 is 0. The third kappa shape index (κ3) is 78.8. The molecule has 0 aromatic rings. The quantitative estimate of drug-likeness (QED) is 0.0169. The lowest BCUT2D eigenvalue weighted by Crippen LogP contribution is -2.30. The van der Waals surface area contributed by atoms with Gasteiger partial charge in [0.05, 0.1) is 26.4 Å². The van der Waals surface area contributed by atoms with Gasteiger partial charge < -0.3 is 33.8 Å². The highest BCUT2D eigenvalue weighted by Gasteiger charge is 2.30. The summed E-state index contributed by atoms with van der Waals surface area (Å²) in [6.07, 6.45) is 93.9. The van der Waals surface area contributed by atoms with Crippen molar-refractivity contribution in [1.82, 2.24) is 0 Å². The Labute approximate surface area is 655 Å². The summed E-state index contributed by atoms with van der Waals surface area (Å²) in [6, 6.07) is 0. The molecule has 3 N–H and O–H groups in total. The number of unbranched alkanes of at least 4 members (excludes halogenated alkanes) is 25. The van der Waals surface area contributed by atoms with E-state index in [1.807, 2.05) is 42.5 Å². The minimum atomic E-state index is -5.02. The minimum absolute atomic E-state index is 0.0460. The van der Waals surface area contributed by atoms with Crippen LogP contribution in [-0.4, -0.2) is 96.7 Å². The van der Waals surface area contributed by atoms with Crippen molar-refractivity contribution >= 4 is 39.5 Å². The van der Waals surface area contributed by atoms with Crippen LogP contribution in [0.25, 0.3) is 0 Å². The van der Waals surface area contributed by atoms with E-state index in [9.17, 15) is 43.2 Å². The van der Waals surface area contributed by atoms with Crippen LogP contribution >= 0.6 is 15.6 Å². The average Bonchev–Trinajstić information content (AvgIpc) is 0.907. The summed E-state index contributed by atoms with van der Waals surface area (Å²) in [5.74, 6) is -2.40. The zero-order valence-corrected chi connectivity index (χ0v) is 69.3. The van der Waals surface area contributed by atoms with Gasteiger partial charge in [0.15, 0.2) is 12.2 Å². The topological polar surface area (TPSA) is 237 Å². The van der Waals surface area contributed by atoms with Gasteiger partial charge in [0.1, 0.15) is 19.3 Å². The normalized spacial score (nSPS) is 14.6. The van der Waals surface area contributed by atoms with Crippen LogP contribution in [0.1, 0.15) is 323 Å². The van der Waals surface area contributed by atoms with Gasteiger partial charge in [-0.1, -0.05) is 314 Å². The lowest BCUT2D eigenvalue weighted by atomic mass is 10.0. The van der Waals surface area contributed by atoms with Gasteiger partial charge in [-0.2, -0.15) is 0 Å².